The maximum absolute atomic E-state index is 12.0. The predicted octanol–water partition coefficient (Wildman–Crippen LogP) is 2.97. The van der Waals surface area contributed by atoms with E-state index in [-0.39, 0.29) is 11.4 Å². The fraction of sp³-hybridized carbons (Fsp3) is 0.381. The van der Waals surface area contributed by atoms with Crippen molar-refractivity contribution < 1.29 is 13.9 Å². The summed E-state index contributed by atoms with van der Waals surface area (Å²) in [4.78, 5) is 16.7. The zero-order valence-corrected chi connectivity index (χ0v) is 15.5. The van der Waals surface area contributed by atoms with Crippen LogP contribution in [-0.2, 0) is 19.5 Å². The minimum absolute atomic E-state index is 0.178. The van der Waals surface area contributed by atoms with Crippen LogP contribution < -0.4 is 5.63 Å². The van der Waals surface area contributed by atoms with Crippen molar-refractivity contribution in [2.45, 2.75) is 26.4 Å². The van der Waals surface area contributed by atoms with Crippen LogP contribution in [0.1, 0.15) is 23.8 Å². The summed E-state index contributed by atoms with van der Waals surface area (Å²) in [5, 5.41) is 11.0. The van der Waals surface area contributed by atoms with Gasteiger partial charge in [0.2, 0.25) is 0 Å². The number of phenols is 1. The number of fused-ring (bicyclic) bond motifs is 1. The second-order valence-corrected chi connectivity index (χ2v) is 7.05. The molecule has 0 unspecified atom stereocenters. The molecule has 27 heavy (non-hydrogen) atoms. The van der Waals surface area contributed by atoms with E-state index in [0.29, 0.717) is 12.1 Å². The predicted molar refractivity (Wildman–Crippen MR) is 103 cm³/mol. The number of piperazine rings is 1. The Morgan fingerprint density at radius 1 is 1.04 bits per heavy atom. The van der Waals surface area contributed by atoms with Gasteiger partial charge in [0.1, 0.15) is 17.1 Å². The van der Waals surface area contributed by atoms with Crippen molar-refractivity contribution in [2.75, 3.05) is 26.2 Å². The molecule has 1 saturated heterocycles. The highest BCUT2D eigenvalue weighted by Gasteiger charge is 2.19. The molecule has 2 aromatic heterocycles. The number of hydrogen-bond acceptors (Lipinski definition) is 6. The number of phenolic OH excluding ortho intramolecular Hbond substituents is 1. The molecule has 0 atom stereocenters. The summed E-state index contributed by atoms with van der Waals surface area (Å²) in [5.41, 5.74) is 1.89. The first kappa shape index (κ1) is 17.8. The van der Waals surface area contributed by atoms with Gasteiger partial charge in [0.15, 0.2) is 0 Å². The van der Waals surface area contributed by atoms with E-state index >= 15 is 0 Å². The van der Waals surface area contributed by atoms with Crippen molar-refractivity contribution in [3.63, 3.8) is 0 Å². The summed E-state index contributed by atoms with van der Waals surface area (Å²) >= 11 is 0. The Kier molecular flexibility index (Phi) is 5.01. The Morgan fingerprint density at radius 2 is 1.78 bits per heavy atom. The van der Waals surface area contributed by atoms with Crippen molar-refractivity contribution in [1.82, 2.24) is 9.80 Å². The van der Waals surface area contributed by atoms with E-state index < -0.39 is 0 Å². The number of nitrogens with zero attached hydrogens (tertiary/aromatic N) is 2. The second kappa shape index (κ2) is 7.58. The van der Waals surface area contributed by atoms with Gasteiger partial charge in [-0.2, -0.15) is 0 Å². The minimum Gasteiger partial charge on any atom is -0.508 e. The van der Waals surface area contributed by atoms with Crippen LogP contribution in [0.25, 0.3) is 11.0 Å². The van der Waals surface area contributed by atoms with Crippen molar-refractivity contribution in [3.8, 4) is 5.75 Å². The molecule has 0 amide bonds. The van der Waals surface area contributed by atoms with Crippen LogP contribution in [0, 0.1) is 0 Å². The topological polar surface area (TPSA) is 70.1 Å². The van der Waals surface area contributed by atoms with Gasteiger partial charge in [-0.3, -0.25) is 9.80 Å². The largest absolute Gasteiger partial charge is 0.508 e. The van der Waals surface area contributed by atoms with E-state index in [1.54, 1.807) is 18.4 Å². The highest BCUT2D eigenvalue weighted by Crippen LogP contribution is 2.27. The van der Waals surface area contributed by atoms with Gasteiger partial charge >= 0.3 is 5.63 Å². The zero-order chi connectivity index (χ0) is 18.8. The number of aryl methyl sites for hydroxylation is 1. The third kappa shape index (κ3) is 3.91. The van der Waals surface area contributed by atoms with Gasteiger partial charge in [-0.25, -0.2) is 4.79 Å². The lowest BCUT2D eigenvalue weighted by molar-refractivity contribution is 0.116. The lowest BCUT2D eigenvalue weighted by Crippen LogP contribution is -2.45. The van der Waals surface area contributed by atoms with Crippen LogP contribution in [0.15, 0.2) is 50.2 Å². The highest BCUT2D eigenvalue weighted by atomic mass is 16.4. The van der Waals surface area contributed by atoms with Gasteiger partial charge in [-0.05, 0) is 35.7 Å². The normalized spacial score (nSPS) is 16.2. The SMILES string of the molecule is CCc1cc2c(CN3CCN(Cc4ccco4)CC3)cc(=O)oc2cc1O. The van der Waals surface area contributed by atoms with Crippen LogP contribution in [0.4, 0.5) is 0 Å². The standard InChI is InChI=1S/C21H24N2O4/c1-2-15-10-18-16(11-21(25)27-20(18)12-19(15)24)13-22-5-7-23(8-6-22)14-17-4-3-9-26-17/h3-4,9-12,24H,2,5-8,13-14H2,1H3. The van der Waals surface area contributed by atoms with E-state index in [0.717, 1.165) is 61.4 Å². The average molecular weight is 368 g/mol. The van der Waals surface area contributed by atoms with Crippen LogP contribution in [0.3, 0.4) is 0 Å². The van der Waals surface area contributed by atoms with E-state index in [4.69, 9.17) is 8.83 Å². The molecule has 4 rings (SSSR count). The Balaban J connectivity index is 1.49. The number of benzene rings is 1. The van der Waals surface area contributed by atoms with Crippen LogP contribution >= 0.6 is 0 Å². The maximum Gasteiger partial charge on any atom is 0.336 e. The molecule has 142 valence electrons. The van der Waals surface area contributed by atoms with Crippen molar-refractivity contribution >= 4 is 11.0 Å². The number of aromatic hydroxyl groups is 1. The lowest BCUT2D eigenvalue weighted by atomic mass is 10.0. The van der Waals surface area contributed by atoms with Crippen molar-refractivity contribution in [1.29, 1.82) is 0 Å². The lowest BCUT2D eigenvalue weighted by Gasteiger charge is -2.34. The molecule has 6 heteroatoms. The molecular weight excluding hydrogens is 344 g/mol. The molecule has 6 nitrogen and oxygen atoms in total. The van der Waals surface area contributed by atoms with Gasteiger partial charge < -0.3 is 13.9 Å². The van der Waals surface area contributed by atoms with Crippen LogP contribution in [0.2, 0.25) is 0 Å². The molecule has 1 aliphatic heterocycles. The van der Waals surface area contributed by atoms with Crippen molar-refractivity contribution in [2.24, 2.45) is 0 Å². The molecular formula is C21H24N2O4. The summed E-state index contributed by atoms with van der Waals surface area (Å²) in [5.74, 6) is 1.17. The van der Waals surface area contributed by atoms with Gasteiger partial charge in [-0.1, -0.05) is 6.92 Å². The number of hydrogen-bond donors (Lipinski definition) is 1. The summed E-state index contributed by atoms with van der Waals surface area (Å²) in [6.45, 7) is 7.31. The third-order valence-electron chi connectivity index (χ3n) is 5.23. The molecule has 1 N–H and O–H groups in total. The smallest absolute Gasteiger partial charge is 0.336 e. The minimum atomic E-state index is -0.377. The quantitative estimate of drug-likeness (QED) is 0.698. The summed E-state index contributed by atoms with van der Waals surface area (Å²) < 4.78 is 10.7. The Morgan fingerprint density at radius 3 is 2.44 bits per heavy atom. The molecule has 0 bridgehead atoms. The maximum atomic E-state index is 12.0. The number of furan rings is 1. The molecule has 1 aliphatic rings. The summed E-state index contributed by atoms with van der Waals surface area (Å²) in [7, 11) is 0. The molecule has 1 aromatic carbocycles. The Bertz CT molecular complexity index is 970. The molecule has 1 fully saturated rings. The first-order valence-corrected chi connectivity index (χ1v) is 9.38. The van der Waals surface area contributed by atoms with E-state index in [2.05, 4.69) is 9.80 Å². The summed E-state index contributed by atoms with van der Waals surface area (Å²) in [6, 6.07) is 8.99. The first-order valence-electron chi connectivity index (χ1n) is 9.38. The number of rotatable bonds is 5. The molecule has 0 aliphatic carbocycles. The Labute approximate surface area is 157 Å². The van der Waals surface area contributed by atoms with Gasteiger partial charge in [0.25, 0.3) is 0 Å². The fourth-order valence-corrected chi connectivity index (χ4v) is 3.69. The van der Waals surface area contributed by atoms with Gasteiger partial charge in [-0.15, -0.1) is 0 Å². The fourth-order valence-electron chi connectivity index (χ4n) is 3.69. The average Bonchev–Trinajstić information content (AvgIpc) is 3.16. The molecule has 3 heterocycles. The molecule has 0 spiro atoms. The highest BCUT2D eigenvalue weighted by molar-refractivity contribution is 5.82. The molecule has 0 radical (unpaired) electrons. The Hall–Kier alpha value is -2.57. The van der Waals surface area contributed by atoms with Crippen molar-refractivity contribution in [3.05, 3.63) is 63.9 Å². The molecule has 0 saturated carbocycles. The van der Waals surface area contributed by atoms with Gasteiger partial charge in [0.05, 0.1) is 12.8 Å². The zero-order valence-electron chi connectivity index (χ0n) is 15.5. The van der Waals surface area contributed by atoms with Gasteiger partial charge in [0, 0.05) is 50.2 Å². The van der Waals surface area contributed by atoms with E-state index in [9.17, 15) is 9.90 Å². The van der Waals surface area contributed by atoms with Crippen LogP contribution in [-0.4, -0.2) is 41.1 Å². The first-order chi connectivity index (χ1) is 13.1. The third-order valence-corrected chi connectivity index (χ3v) is 5.23. The van der Waals surface area contributed by atoms with E-state index in [1.807, 2.05) is 25.1 Å². The second-order valence-electron chi connectivity index (χ2n) is 7.05. The van der Waals surface area contributed by atoms with Crippen LogP contribution in [0.5, 0.6) is 5.75 Å². The van der Waals surface area contributed by atoms with E-state index in [1.165, 1.54) is 0 Å². The monoisotopic (exact) mass is 368 g/mol. The summed E-state index contributed by atoms with van der Waals surface area (Å²) in [6.07, 6.45) is 2.44. The molecule has 3 aromatic rings.